The van der Waals surface area contributed by atoms with E-state index < -0.39 is 18.5 Å². The van der Waals surface area contributed by atoms with Gasteiger partial charge < -0.3 is 0 Å². The van der Waals surface area contributed by atoms with Crippen LogP contribution in [0.1, 0.15) is 6.42 Å². The van der Waals surface area contributed by atoms with E-state index in [-0.39, 0.29) is 6.61 Å². The number of hydrogen-bond donors (Lipinski definition) is 0. The fraction of sp³-hybridized carbons (Fsp3) is 1.00. The van der Waals surface area contributed by atoms with E-state index in [4.69, 9.17) is 0 Å². The van der Waals surface area contributed by atoms with E-state index in [2.05, 4.69) is 28.0 Å². The second-order valence-corrected chi connectivity index (χ2v) is 11.1. The Morgan fingerprint density at radius 2 is 1.77 bits per heavy atom. The summed E-state index contributed by atoms with van der Waals surface area (Å²) in [5, 5.41) is 0. The van der Waals surface area contributed by atoms with Gasteiger partial charge in [0.1, 0.15) is 0 Å². The van der Waals surface area contributed by atoms with Gasteiger partial charge in [0.25, 0.3) is 0 Å². The zero-order valence-corrected chi connectivity index (χ0v) is 10.5. The second-order valence-electron chi connectivity index (χ2n) is 4.06. The summed E-state index contributed by atoms with van der Waals surface area (Å²) >= 11 is 0. The Kier molecular flexibility index (Phi) is 5.12. The van der Waals surface area contributed by atoms with Crippen LogP contribution in [-0.4, -0.2) is 30.2 Å². The minimum atomic E-state index is -3.72. The van der Waals surface area contributed by atoms with E-state index in [1.54, 1.807) is 0 Å². The zero-order chi connectivity index (χ0) is 10.5. The van der Waals surface area contributed by atoms with Gasteiger partial charge in [0.05, 0.1) is 13.7 Å². The molecule has 0 bridgehead atoms. The van der Waals surface area contributed by atoms with E-state index in [0.29, 0.717) is 0 Å². The highest BCUT2D eigenvalue weighted by Gasteiger charge is 2.13. The molecule has 0 saturated heterocycles. The van der Waals surface area contributed by atoms with Crippen molar-refractivity contribution in [1.29, 1.82) is 0 Å². The standard InChI is InChI=1S/C7H18O4SSi/c1-10-12(8,9)11-6-5-7-13(2,3)4/h5-7H2,1-4H3. The van der Waals surface area contributed by atoms with Gasteiger partial charge in [0, 0.05) is 8.07 Å². The third-order valence-electron chi connectivity index (χ3n) is 1.50. The van der Waals surface area contributed by atoms with E-state index in [0.717, 1.165) is 19.6 Å². The first-order chi connectivity index (χ1) is 5.77. The molecule has 0 atom stereocenters. The molecule has 0 aromatic rings. The van der Waals surface area contributed by atoms with Crippen molar-refractivity contribution in [1.82, 2.24) is 0 Å². The summed E-state index contributed by atoms with van der Waals surface area (Å²) in [7, 11) is -3.71. The average molecular weight is 226 g/mol. The molecule has 0 aliphatic carbocycles. The molecule has 0 amide bonds. The van der Waals surface area contributed by atoms with Crippen molar-refractivity contribution in [3.63, 3.8) is 0 Å². The van der Waals surface area contributed by atoms with Crippen LogP contribution >= 0.6 is 0 Å². The normalized spacial score (nSPS) is 13.2. The lowest BCUT2D eigenvalue weighted by atomic mass is 10.5. The molecule has 0 saturated carbocycles. The summed E-state index contributed by atoms with van der Waals surface area (Å²) in [6.07, 6.45) is 0.776. The summed E-state index contributed by atoms with van der Waals surface area (Å²) in [4.78, 5) is 0. The predicted octanol–water partition coefficient (Wildman–Crippen LogP) is 1.62. The molecule has 0 aromatic carbocycles. The number of rotatable bonds is 6. The van der Waals surface area contributed by atoms with E-state index >= 15 is 0 Å². The maximum Gasteiger partial charge on any atom is 0.399 e. The molecular weight excluding hydrogens is 208 g/mol. The van der Waals surface area contributed by atoms with Gasteiger partial charge in [0.15, 0.2) is 0 Å². The van der Waals surface area contributed by atoms with Crippen LogP contribution in [0.4, 0.5) is 0 Å². The van der Waals surface area contributed by atoms with Crippen LogP contribution < -0.4 is 0 Å². The molecule has 0 fully saturated rings. The maximum atomic E-state index is 10.7. The second kappa shape index (κ2) is 5.09. The van der Waals surface area contributed by atoms with Crippen molar-refractivity contribution in [2.24, 2.45) is 0 Å². The fourth-order valence-corrected chi connectivity index (χ4v) is 2.43. The topological polar surface area (TPSA) is 52.6 Å². The molecule has 0 spiro atoms. The molecule has 80 valence electrons. The van der Waals surface area contributed by atoms with Gasteiger partial charge >= 0.3 is 10.4 Å². The fourth-order valence-electron chi connectivity index (χ4n) is 0.812. The highest BCUT2D eigenvalue weighted by Crippen LogP contribution is 2.11. The van der Waals surface area contributed by atoms with Gasteiger partial charge in [-0.2, -0.15) is 8.42 Å². The van der Waals surface area contributed by atoms with E-state index in [1.807, 2.05) is 0 Å². The van der Waals surface area contributed by atoms with Crippen molar-refractivity contribution in [3.8, 4) is 0 Å². The van der Waals surface area contributed by atoms with Gasteiger partial charge in [-0.15, -0.1) is 0 Å². The van der Waals surface area contributed by atoms with Crippen LogP contribution in [-0.2, 0) is 18.8 Å². The van der Waals surface area contributed by atoms with E-state index in [9.17, 15) is 8.42 Å². The quantitative estimate of drug-likeness (QED) is 0.510. The monoisotopic (exact) mass is 226 g/mol. The Morgan fingerprint density at radius 3 is 2.15 bits per heavy atom. The summed E-state index contributed by atoms with van der Waals surface area (Å²) in [6, 6.07) is 1.06. The van der Waals surface area contributed by atoms with Gasteiger partial charge in [0.2, 0.25) is 0 Å². The third-order valence-corrected chi connectivity index (χ3v) is 4.22. The molecule has 0 rings (SSSR count). The Hall–Kier alpha value is 0.0869. The first kappa shape index (κ1) is 13.1. The van der Waals surface area contributed by atoms with Crippen molar-refractivity contribution >= 4 is 18.5 Å². The molecule has 0 unspecified atom stereocenters. The van der Waals surface area contributed by atoms with Crippen LogP contribution in [0.15, 0.2) is 0 Å². The molecule has 0 heterocycles. The lowest BCUT2D eigenvalue weighted by Gasteiger charge is -2.14. The molecule has 0 radical (unpaired) electrons. The molecular formula is C7H18O4SSi. The van der Waals surface area contributed by atoms with Gasteiger partial charge in [-0.05, 0) is 6.42 Å². The lowest BCUT2D eigenvalue weighted by Crippen LogP contribution is -2.20. The Bertz CT molecular complexity index is 229. The molecule has 0 aliphatic heterocycles. The summed E-state index contributed by atoms with van der Waals surface area (Å²) in [5.41, 5.74) is 0. The lowest BCUT2D eigenvalue weighted by molar-refractivity contribution is 0.243. The van der Waals surface area contributed by atoms with Crippen LogP contribution in [0.5, 0.6) is 0 Å². The SMILES string of the molecule is COS(=O)(=O)OCCC[Si](C)(C)C. The van der Waals surface area contributed by atoms with Gasteiger partial charge in [-0.25, -0.2) is 4.18 Å². The molecule has 0 aromatic heterocycles. The van der Waals surface area contributed by atoms with Crippen LogP contribution in [0.3, 0.4) is 0 Å². The Labute approximate surface area is 81.6 Å². The van der Waals surface area contributed by atoms with Crippen molar-refractivity contribution in [2.75, 3.05) is 13.7 Å². The number of hydrogen-bond acceptors (Lipinski definition) is 4. The highest BCUT2D eigenvalue weighted by molar-refractivity contribution is 7.81. The predicted molar refractivity (Wildman–Crippen MR) is 54.7 cm³/mol. The van der Waals surface area contributed by atoms with Crippen molar-refractivity contribution < 1.29 is 16.8 Å². The smallest absolute Gasteiger partial charge is 0.252 e. The minimum Gasteiger partial charge on any atom is -0.252 e. The Balaban J connectivity index is 3.59. The molecule has 0 N–H and O–H groups in total. The summed E-state index contributed by atoms with van der Waals surface area (Å²) in [6.45, 7) is 6.92. The van der Waals surface area contributed by atoms with Gasteiger partial charge in [-0.1, -0.05) is 25.7 Å². The van der Waals surface area contributed by atoms with Crippen molar-refractivity contribution in [3.05, 3.63) is 0 Å². The Morgan fingerprint density at radius 1 is 1.23 bits per heavy atom. The van der Waals surface area contributed by atoms with Gasteiger partial charge in [-0.3, -0.25) is 4.18 Å². The van der Waals surface area contributed by atoms with E-state index in [1.165, 1.54) is 0 Å². The molecule has 6 heteroatoms. The molecule has 4 nitrogen and oxygen atoms in total. The largest absolute Gasteiger partial charge is 0.399 e. The summed E-state index contributed by atoms with van der Waals surface area (Å²) < 4.78 is 30.1. The minimum absolute atomic E-state index is 0.223. The third kappa shape index (κ3) is 8.42. The highest BCUT2D eigenvalue weighted by atomic mass is 32.3. The first-order valence-corrected chi connectivity index (χ1v) is 9.26. The first-order valence-electron chi connectivity index (χ1n) is 4.22. The van der Waals surface area contributed by atoms with Crippen LogP contribution in [0.25, 0.3) is 0 Å². The van der Waals surface area contributed by atoms with Crippen LogP contribution in [0.2, 0.25) is 25.7 Å². The zero-order valence-electron chi connectivity index (χ0n) is 8.66. The maximum absolute atomic E-state index is 10.7. The molecule has 0 aliphatic rings. The van der Waals surface area contributed by atoms with Crippen molar-refractivity contribution in [2.45, 2.75) is 32.1 Å². The molecule has 13 heavy (non-hydrogen) atoms. The average Bonchev–Trinajstić information content (AvgIpc) is 1.97. The summed E-state index contributed by atoms with van der Waals surface area (Å²) in [5.74, 6) is 0. The van der Waals surface area contributed by atoms with Crippen LogP contribution in [0, 0.1) is 0 Å².